The van der Waals surface area contributed by atoms with Gasteiger partial charge in [0, 0.05) is 5.69 Å². The maximum Gasteiger partial charge on any atom is 0.338 e. The van der Waals surface area contributed by atoms with Crippen LogP contribution < -0.4 is 16.4 Å². The van der Waals surface area contributed by atoms with Gasteiger partial charge in [-0.05, 0) is 37.3 Å². The molecule has 0 bridgehead atoms. The van der Waals surface area contributed by atoms with Crippen LogP contribution in [0.1, 0.15) is 17.3 Å². The molecule has 4 N–H and O–H groups in total. The molecule has 3 amide bonds. The second-order valence-electron chi connectivity index (χ2n) is 5.09. The molecule has 0 aromatic heterocycles. The third kappa shape index (κ3) is 5.22. The number of nitrogen functional groups attached to an aromatic ring is 1. The van der Waals surface area contributed by atoms with E-state index >= 15 is 0 Å². The minimum absolute atomic E-state index is 0.148. The largest absolute Gasteiger partial charge is 0.449 e. The van der Waals surface area contributed by atoms with E-state index in [1.165, 1.54) is 25.1 Å². The van der Waals surface area contributed by atoms with Gasteiger partial charge in [0.1, 0.15) is 0 Å². The number of halogens is 1. The lowest BCUT2D eigenvalue weighted by molar-refractivity contribution is -0.127. The van der Waals surface area contributed by atoms with Gasteiger partial charge in [-0.1, -0.05) is 29.8 Å². The number of imide groups is 1. The van der Waals surface area contributed by atoms with E-state index in [1.54, 1.807) is 30.3 Å². The van der Waals surface area contributed by atoms with Crippen LogP contribution in [-0.4, -0.2) is 24.0 Å². The fourth-order valence-electron chi connectivity index (χ4n) is 1.85. The lowest BCUT2D eigenvalue weighted by Crippen LogP contribution is -2.41. The predicted octanol–water partition coefficient (Wildman–Crippen LogP) is 2.82. The second kappa shape index (κ2) is 8.16. The molecule has 0 saturated heterocycles. The Balaban J connectivity index is 1.89. The maximum atomic E-state index is 12.0. The summed E-state index contributed by atoms with van der Waals surface area (Å²) in [6.45, 7) is 1.35. The lowest BCUT2D eigenvalue weighted by Gasteiger charge is -2.13. The van der Waals surface area contributed by atoms with Crippen LogP contribution in [0.3, 0.4) is 0 Å². The quantitative estimate of drug-likeness (QED) is 0.573. The van der Waals surface area contributed by atoms with Crippen molar-refractivity contribution >= 4 is 40.9 Å². The van der Waals surface area contributed by atoms with Gasteiger partial charge in [0.25, 0.3) is 5.91 Å². The first kappa shape index (κ1) is 18.3. The van der Waals surface area contributed by atoms with E-state index in [1.807, 2.05) is 0 Å². The molecule has 1 atom stereocenters. The molecule has 8 heteroatoms. The average molecular weight is 362 g/mol. The number of rotatable bonds is 4. The summed E-state index contributed by atoms with van der Waals surface area (Å²) in [5, 5.41) is 4.88. The van der Waals surface area contributed by atoms with Crippen LogP contribution in [-0.2, 0) is 9.53 Å². The van der Waals surface area contributed by atoms with E-state index in [2.05, 4.69) is 10.6 Å². The van der Waals surface area contributed by atoms with Crippen molar-refractivity contribution in [2.75, 3.05) is 11.1 Å². The predicted molar refractivity (Wildman–Crippen MR) is 94.3 cm³/mol. The number of hydrogen-bond acceptors (Lipinski definition) is 5. The molecule has 0 radical (unpaired) electrons. The van der Waals surface area contributed by atoms with Crippen molar-refractivity contribution < 1.29 is 19.1 Å². The topological polar surface area (TPSA) is 111 Å². The second-order valence-corrected chi connectivity index (χ2v) is 5.50. The number of amides is 3. The Morgan fingerprint density at radius 3 is 2.44 bits per heavy atom. The van der Waals surface area contributed by atoms with Crippen LogP contribution in [0.25, 0.3) is 0 Å². The number of anilines is 2. The van der Waals surface area contributed by atoms with Crippen molar-refractivity contribution in [2.24, 2.45) is 0 Å². The third-order valence-corrected chi connectivity index (χ3v) is 3.50. The van der Waals surface area contributed by atoms with Crippen molar-refractivity contribution in [3.63, 3.8) is 0 Å². The van der Waals surface area contributed by atoms with Gasteiger partial charge in [-0.3, -0.25) is 10.1 Å². The maximum absolute atomic E-state index is 12.0. The Morgan fingerprint density at radius 1 is 1.12 bits per heavy atom. The Labute approximate surface area is 149 Å². The van der Waals surface area contributed by atoms with Gasteiger partial charge in [-0.2, -0.15) is 0 Å². The van der Waals surface area contributed by atoms with Gasteiger partial charge in [0.2, 0.25) is 0 Å². The monoisotopic (exact) mass is 361 g/mol. The number of nitrogens with two attached hydrogens (primary N) is 1. The molecular formula is C17H16ClN3O4. The normalized spacial score (nSPS) is 11.3. The van der Waals surface area contributed by atoms with Crippen LogP contribution in [0.15, 0.2) is 48.5 Å². The number of hydrogen-bond donors (Lipinski definition) is 3. The van der Waals surface area contributed by atoms with Crippen molar-refractivity contribution in [1.82, 2.24) is 5.32 Å². The molecule has 0 saturated carbocycles. The fraction of sp³-hybridized carbons (Fsp3) is 0.118. The zero-order chi connectivity index (χ0) is 18.4. The number of nitrogens with one attached hydrogen (secondary N) is 2. The first-order chi connectivity index (χ1) is 11.9. The minimum atomic E-state index is -1.18. The molecule has 7 nitrogen and oxygen atoms in total. The summed E-state index contributed by atoms with van der Waals surface area (Å²) in [6, 6.07) is 12.1. The summed E-state index contributed by atoms with van der Waals surface area (Å²) in [6.07, 6.45) is -1.18. The number of carbonyl (C=O) groups is 3. The van der Waals surface area contributed by atoms with Gasteiger partial charge >= 0.3 is 12.0 Å². The van der Waals surface area contributed by atoms with Gasteiger partial charge in [0.05, 0.1) is 16.3 Å². The van der Waals surface area contributed by atoms with E-state index in [0.29, 0.717) is 10.7 Å². The molecule has 2 aromatic rings. The number of para-hydroxylation sites is 1. The Bertz CT molecular complexity index is 796. The zero-order valence-corrected chi connectivity index (χ0v) is 14.0. The SMILES string of the molecule is CC(OC(=O)c1ccc(Cl)c(N)c1)C(=O)NC(=O)Nc1ccccc1. The van der Waals surface area contributed by atoms with Gasteiger partial charge in [-0.15, -0.1) is 0 Å². The highest BCUT2D eigenvalue weighted by Crippen LogP contribution is 2.20. The van der Waals surface area contributed by atoms with E-state index in [4.69, 9.17) is 22.1 Å². The third-order valence-electron chi connectivity index (χ3n) is 3.15. The van der Waals surface area contributed by atoms with Crippen LogP contribution >= 0.6 is 11.6 Å². The molecule has 0 fully saturated rings. The van der Waals surface area contributed by atoms with E-state index in [9.17, 15) is 14.4 Å². The molecule has 0 aliphatic heterocycles. The first-order valence-electron chi connectivity index (χ1n) is 7.29. The molecule has 0 spiro atoms. The van der Waals surface area contributed by atoms with E-state index < -0.39 is 24.0 Å². The molecule has 25 heavy (non-hydrogen) atoms. The van der Waals surface area contributed by atoms with Gasteiger partial charge in [0.15, 0.2) is 6.10 Å². The molecule has 0 aliphatic carbocycles. The summed E-state index contributed by atoms with van der Waals surface area (Å²) < 4.78 is 5.01. The molecule has 2 aromatic carbocycles. The highest BCUT2D eigenvalue weighted by atomic mass is 35.5. The van der Waals surface area contributed by atoms with E-state index in [-0.39, 0.29) is 11.3 Å². The summed E-state index contributed by atoms with van der Waals surface area (Å²) in [5.41, 5.74) is 6.51. The van der Waals surface area contributed by atoms with Crippen molar-refractivity contribution in [2.45, 2.75) is 13.0 Å². The van der Waals surface area contributed by atoms with Gasteiger partial charge in [-0.25, -0.2) is 9.59 Å². The molecule has 0 aliphatic rings. The number of benzene rings is 2. The van der Waals surface area contributed by atoms with Crippen LogP contribution in [0, 0.1) is 0 Å². The van der Waals surface area contributed by atoms with Crippen molar-refractivity contribution in [3.05, 3.63) is 59.1 Å². The molecule has 2 rings (SSSR count). The smallest absolute Gasteiger partial charge is 0.338 e. The first-order valence-corrected chi connectivity index (χ1v) is 7.67. The molecule has 1 unspecified atom stereocenters. The Hall–Kier alpha value is -3.06. The fourth-order valence-corrected chi connectivity index (χ4v) is 1.97. The van der Waals surface area contributed by atoms with Crippen molar-refractivity contribution in [3.8, 4) is 0 Å². The van der Waals surface area contributed by atoms with Crippen LogP contribution in [0.5, 0.6) is 0 Å². The van der Waals surface area contributed by atoms with Crippen molar-refractivity contribution in [1.29, 1.82) is 0 Å². The molecule has 130 valence electrons. The number of ether oxygens (including phenoxy) is 1. The zero-order valence-electron chi connectivity index (χ0n) is 13.3. The van der Waals surface area contributed by atoms with Crippen LogP contribution in [0.2, 0.25) is 5.02 Å². The number of urea groups is 1. The number of carbonyl (C=O) groups excluding carboxylic acids is 3. The standard InChI is InChI=1S/C17H16ClN3O4/c1-10(25-16(23)11-7-8-13(18)14(19)9-11)15(22)21-17(24)20-12-5-3-2-4-6-12/h2-10H,19H2,1H3,(H2,20,21,22,24). The molecular weight excluding hydrogens is 346 g/mol. The number of esters is 1. The van der Waals surface area contributed by atoms with Crippen LogP contribution in [0.4, 0.5) is 16.2 Å². The van der Waals surface area contributed by atoms with Gasteiger partial charge < -0.3 is 15.8 Å². The van der Waals surface area contributed by atoms with E-state index in [0.717, 1.165) is 0 Å². The summed E-state index contributed by atoms with van der Waals surface area (Å²) in [5.74, 6) is -1.52. The highest BCUT2D eigenvalue weighted by Gasteiger charge is 2.21. The summed E-state index contributed by atoms with van der Waals surface area (Å²) in [7, 11) is 0. The summed E-state index contributed by atoms with van der Waals surface area (Å²) >= 11 is 5.78. The average Bonchev–Trinajstić information content (AvgIpc) is 2.57. The summed E-state index contributed by atoms with van der Waals surface area (Å²) in [4.78, 5) is 35.7. The highest BCUT2D eigenvalue weighted by molar-refractivity contribution is 6.33. The molecule has 0 heterocycles. The minimum Gasteiger partial charge on any atom is -0.449 e. The Kier molecular flexibility index (Phi) is 5.97. The Morgan fingerprint density at radius 2 is 1.80 bits per heavy atom. The lowest BCUT2D eigenvalue weighted by atomic mass is 10.2.